The summed E-state index contributed by atoms with van der Waals surface area (Å²) in [4.78, 5) is 31.2. The lowest BCUT2D eigenvalue weighted by Crippen LogP contribution is -2.38. The van der Waals surface area contributed by atoms with Gasteiger partial charge in [0.25, 0.3) is 5.91 Å². The zero-order valence-corrected chi connectivity index (χ0v) is 20.4. The number of benzene rings is 2. The largest absolute Gasteiger partial charge is 0.493 e. The molecule has 3 aromatic rings. The van der Waals surface area contributed by atoms with Gasteiger partial charge in [-0.1, -0.05) is 6.07 Å². The Balaban J connectivity index is 1.56. The molecule has 0 spiro atoms. The second-order valence-corrected chi connectivity index (χ2v) is 8.87. The summed E-state index contributed by atoms with van der Waals surface area (Å²) in [6.07, 6.45) is 0.715. The van der Waals surface area contributed by atoms with Gasteiger partial charge in [0.05, 0.1) is 43.9 Å². The minimum atomic E-state index is -0.689. The molecular weight excluding hydrogens is 467 g/mol. The van der Waals surface area contributed by atoms with Gasteiger partial charge < -0.3 is 23.5 Å². The van der Waals surface area contributed by atoms with Crippen molar-refractivity contribution in [3.8, 4) is 11.5 Å². The van der Waals surface area contributed by atoms with Crippen LogP contribution in [0.5, 0.6) is 11.5 Å². The van der Waals surface area contributed by atoms with Crippen LogP contribution in [0.15, 0.2) is 45.6 Å². The maximum Gasteiger partial charge on any atom is 0.290 e. The highest BCUT2D eigenvalue weighted by Crippen LogP contribution is 2.41. The minimum absolute atomic E-state index is 0.00309. The van der Waals surface area contributed by atoms with Crippen molar-refractivity contribution in [3.63, 3.8) is 0 Å². The number of morpholine rings is 1. The molecule has 1 aromatic heterocycles. The first-order valence-electron chi connectivity index (χ1n) is 12.2. The molecule has 1 fully saturated rings. The summed E-state index contributed by atoms with van der Waals surface area (Å²) in [6, 6.07) is 8.44. The van der Waals surface area contributed by atoms with Crippen molar-refractivity contribution in [3.05, 3.63) is 69.3 Å². The molecule has 2 aliphatic rings. The summed E-state index contributed by atoms with van der Waals surface area (Å²) in [6.45, 7) is 6.67. The van der Waals surface area contributed by atoms with Gasteiger partial charge >= 0.3 is 0 Å². The van der Waals surface area contributed by atoms with E-state index in [1.807, 2.05) is 13.0 Å². The number of carbonyl (C=O) groups excluding carboxylic acids is 1. The molecule has 36 heavy (non-hydrogen) atoms. The Kier molecular flexibility index (Phi) is 6.93. The Labute approximate surface area is 208 Å². The summed E-state index contributed by atoms with van der Waals surface area (Å²) in [7, 11) is 1.54. The number of fused-ring (bicyclic) bond motifs is 2. The first-order valence-corrected chi connectivity index (χ1v) is 12.2. The van der Waals surface area contributed by atoms with E-state index >= 15 is 0 Å². The molecule has 190 valence electrons. The lowest BCUT2D eigenvalue weighted by atomic mass is 9.98. The van der Waals surface area contributed by atoms with Crippen molar-refractivity contribution in [1.29, 1.82) is 0 Å². The van der Waals surface area contributed by atoms with E-state index in [0.717, 1.165) is 25.7 Å². The summed E-state index contributed by atoms with van der Waals surface area (Å²) in [5.74, 6) is 0.178. The van der Waals surface area contributed by atoms with E-state index in [1.54, 1.807) is 24.1 Å². The van der Waals surface area contributed by atoms with Crippen LogP contribution in [0.1, 0.15) is 41.1 Å². The topological polar surface area (TPSA) is 81.5 Å². The Morgan fingerprint density at radius 2 is 1.86 bits per heavy atom. The van der Waals surface area contributed by atoms with Gasteiger partial charge in [-0.25, -0.2) is 4.39 Å². The predicted molar refractivity (Wildman–Crippen MR) is 131 cm³/mol. The number of amides is 1. The van der Waals surface area contributed by atoms with E-state index in [-0.39, 0.29) is 28.2 Å². The second kappa shape index (κ2) is 10.3. The van der Waals surface area contributed by atoms with Gasteiger partial charge in [-0.15, -0.1) is 0 Å². The normalized spacial score (nSPS) is 18.0. The quantitative estimate of drug-likeness (QED) is 0.471. The Bertz CT molecular complexity index is 1330. The van der Waals surface area contributed by atoms with Gasteiger partial charge in [-0.05, 0) is 49.2 Å². The van der Waals surface area contributed by atoms with Crippen LogP contribution in [0.2, 0.25) is 0 Å². The fourth-order valence-electron chi connectivity index (χ4n) is 4.99. The van der Waals surface area contributed by atoms with Gasteiger partial charge in [0, 0.05) is 26.2 Å². The zero-order valence-electron chi connectivity index (χ0n) is 20.4. The van der Waals surface area contributed by atoms with Gasteiger partial charge in [0.1, 0.15) is 11.4 Å². The highest BCUT2D eigenvalue weighted by Gasteiger charge is 2.42. The van der Waals surface area contributed by atoms with Crippen molar-refractivity contribution >= 4 is 16.9 Å². The average Bonchev–Trinajstić information content (AvgIpc) is 3.17. The van der Waals surface area contributed by atoms with Crippen molar-refractivity contribution in [2.75, 3.05) is 53.1 Å². The van der Waals surface area contributed by atoms with Crippen LogP contribution in [0.4, 0.5) is 4.39 Å². The van der Waals surface area contributed by atoms with Gasteiger partial charge in [-0.3, -0.25) is 14.5 Å². The van der Waals surface area contributed by atoms with Gasteiger partial charge in [-0.2, -0.15) is 0 Å². The van der Waals surface area contributed by atoms with Crippen LogP contribution in [-0.2, 0) is 4.74 Å². The number of carbonyl (C=O) groups is 1. The molecule has 0 bridgehead atoms. The molecular formula is C27H29FN2O6. The SMILES string of the molecule is CCOc1ccc([C@@H]2c3c(oc4ccc(F)cc4c3=O)C(=O)N2CCCN2CCOCC2)cc1OC. The van der Waals surface area contributed by atoms with E-state index in [4.69, 9.17) is 18.6 Å². The Morgan fingerprint density at radius 3 is 2.61 bits per heavy atom. The molecule has 9 heteroatoms. The number of ether oxygens (including phenoxy) is 3. The van der Waals surface area contributed by atoms with Crippen LogP contribution >= 0.6 is 0 Å². The van der Waals surface area contributed by atoms with E-state index < -0.39 is 17.3 Å². The third kappa shape index (κ3) is 4.44. The highest BCUT2D eigenvalue weighted by molar-refractivity contribution is 5.99. The van der Waals surface area contributed by atoms with Crippen LogP contribution in [-0.4, -0.2) is 68.8 Å². The monoisotopic (exact) mass is 496 g/mol. The molecule has 0 unspecified atom stereocenters. The maximum absolute atomic E-state index is 14.0. The van der Waals surface area contributed by atoms with Crippen LogP contribution in [0.3, 0.4) is 0 Å². The smallest absolute Gasteiger partial charge is 0.290 e. The molecule has 3 heterocycles. The average molecular weight is 497 g/mol. The molecule has 5 rings (SSSR count). The van der Waals surface area contributed by atoms with Crippen LogP contribution in [0.25, 0.3) is 11.0 Å². The molecule has 0 N–H and O–H groups in total. The first kappa shape index (κ1) is 24.3. The second-order valence-electron chi connectivity index (χ2n) is 8.87. The standard InChI is InChI=1S/C27H29FN2O6/c1-3-35-21-7-5-17(15-22(21)33-2)24-23-25(31)19-16-18(28)6-8-20(19)36-26(23)27(32)30(24)10-4-9-29-11-13-34-14-12-29/h5-8,15-16,24H,3-4,9-14H2,1-2H3/t24-/m1/s1. The molecule has 2 aliphatic heterocycles. The third-order valence-corrected chi connectivity index (χ3v) is 6.71. The highest BCUT2D eigenvalue weighted by atomic mass is 19.1. The van der Waals surface area contributed by atoms with Crippen LogP contribution < -0.4 is 14.9 Å². The lowest BCUT2D eigenvalue weighted by molar-refractivity contribution is 0.0353. The van der Waals surface area contributed by atoms with Gasteiger partial charge in [0.15, 0.2) is 16.9 Å². The Hall–Kier alpha value is -3.43. The number of hydrogen-bond acceptors (Lipinski definition) is 7. The number of halogens is 1. The minimum Gasteiger partial charge on any atom is -0.493 e. The fraction of sp³-hybridized carbons (Fsp3) is 0.407. The van der Waals surface area contributed by atoms with Crippen LogP contribution in [0, 0.1) is 5.82 Å². The number of hydrogen-bond donors (Lipinski definition) is 0. The summed E-state index contributed by atoms with van der Waals surface area (Å²) < 4.78 is 36.5. The van der Waals surface area contributed by atoms with E-state index in [1.165, 1.54) is 12.1 Å². The molecule has 2 aromatic carbocycles. The molecule has 0 saturated carbocycles. The van der Waals surface area contributed by atoms with Gasteiger partial charge in [0.2, 0.25) is 5.76 Å². The third-order valence-electron chi connectivity index (χ3n) is 6.71. The van der Waals surface area contributed by atoms with Crippen molar-refractivity contribution in [2.24, 2.45) is 0 Å². The van der Waals surface area contributed by atoms with Crippen molar-refractivity contribution < 1.29 is 27.8 Å². The Morgan fingerprint density at radius 1 is 1.06 bits per heavy atom. The van der Waals surface area contributed by atoms with E-state index in [0.29, 0.717) is 49.8 Å². The zero-order chi connectivity index (χ0) is 25.2. The molecule has 0 aliphatic carbocycles. The fourth-order valence-corrected chi connectivity index (χ4v) is 4.99. The predicted octanol–water partition coefficient (Wildman–Crippen LogP) is 3.61. The molecule has 0 radical (unpaired) electrons. The van der Waals surface area contributed by atoms with Crippen molar-refractivity contribution in [1.82, 2.24) is 9.80 Å². The number of rotatable bonds is 8. The number of nitrogens with zero attached hydrogens (tertiary/aromatic N) is 2. The van der Waals surface area contributed by atoms with E-state index in [9.17, 15) is 14.0 Å². The molecule has 8 nitrogen and oxygen atoms in total. The molecule has 1 atom stereocenters. The summed E-state index contributed by atoms with van der Waals surface area (Å²) >= 11 is 0. The summed E-state index contributed by atoms with van der Waals surface area (Å²) in [5.41, 5.74) is 0.687. The molecule has 1 saturated heterocycles. The molecule has 1 amide bonds. The lowest BCUT2D eigenvalue weighted by Gasteiger charge is -2.29. The maximum atomic E-state index is 14.0. The summed E-state index contributed by atoms with van der Waals surface area (Å²) in [5, 5.41) is 0.111. The first-order chi connectivity index (χ1) is 17.5. The van der Waals surface area contributed by atoms with E-state index in [2.05, 4.69) is 4.90 Å². The van der Waals surface area contributed by atoms with Crippen molar-refractivity contribution in [2.45, 2.75) is 19.4 Å². The number of methoxy groups -OCH3 is 1.